The molecular formula is C11H19N3S. The fraction of sp³-hybridized carbons (Fsp3) is 0.727. The van der Waals surface area contributed by atoms with Gasteiger partial charge in [0, 0.05) is 31.1 Å². The lowest BCUT2D eigenvalue weighted by molar-refractivity contribution is 0.323. The number of aryl methyl sites for hydroxylation is 1. The van der Waals surface area contributed by atoms with Gasteiger partial charge in [-0.1, -0.05) is 6.92 Å². The topological polar surface area (TPSA) is 42.2 Å². The van der Waals surface area contributed by atoms with Gasteiger partial charge >= 0.3 is 0 Å². The van der Waals surface area contributed by atoms with Gasteiger partial charge in [0.2, 0.25) is 0 Å². The van der Waals surface area contributed by atoms with E-state index in [9.17, 15) is 0 Å². The fourth-order valence-corrected chi connectivity index (χ4v) is 2.88. The highest BCUT2D eigenvalue weighted by atomic mass is 32.1. The summed E-state index contributed by atoms with van der Waals surface area (Å²) in [4.78, 5) is 7.02. The Morgan fingerprint density at radius 2 is 2.53 bits per heavy atom. The van der Waals surface area contributed by atoms with Gasteiger partial charge in [0.15, 0.2) is 0 Å². The molecular weight excluding hydrogens is 206 g/mol. The third-order valence-corrected chi connectivity index (χ3v) is 3.72. The molecule has 0 bridgehead atoms. The van der Waals surface area contributed by atoms with Gasteiger partial charge in [-0.2, -0.15) is 0 Å². The first-order valence-electron chi connectivity index (χ1n) is 5.69. The molecule has 1 unspecified atom stereocenters. The van der Waals surface area contributed by atoms with Crippen LogP contribution in [-0.4, -0.2) is 29.0 Å². The zero-order valence-corrected chi connectivity index (χ0v) is 10.1. The molecule has 0 amide bonds. The van der Waals surface area contributed by atoms with Crippen molar-refractivity contribution in [1.82, 2.24) is 9.88 Å². The fourth-order valence-electron chi connectivity index (χ4n) is 1.99. The minimum atomic E-state index is 0.374. The number of thiazole rings is 1. The Labute approximate surface area is 95.3 Å². The third-order valence-electron chi connectivity index (χ3n) is 2.76. The highest BCUT2D eigenvalue weighted by Crippen LogP contribution is 2.16. The molecule has 2 N–H and O–H groups in total. The molecule has 0 aliphatic carbocycles. The Kier molecular flexibility index (Phi) is 3.72. The van der Waals surface area contributed by atoms with Gasteiger partial charge in [-0.25, -0.2) is 4.98 Å². The van der Waals surface area contributed by atoms with E-state index in [2.05, 4.69) is 22.2 Å². The summed E-state index contributed by atoms with van der Waals surface area (Å²) < 4.78 is 0. The summed E-state index contributed by atoms with van der Waals surface area (Å²) >= 11 is 1.79. The van der Waals surface area contributed by atoms with Gasteiger partial charge in [-0.05, 0) is 19.3 Å². The maximum Gasteiger partial charge on any atom is 0.0928 e. The number of rotatable bonds is 4. The SMILES string of the molecule is CCCc1nc(CN2CCC(N)C2)cs1. The predicted octanol–water partition coefficient (Wildman–Crippen LogP) is 1.63. The first kappa shape index (κ1) is 11.0. The lowest BCUT2D eigenvalue weighted by Gasteiger charge is -2.12. The molecule has 1 aromatic rings. The normalized spacial score (nSPS) is 22.4. The highest BCUT2D eigenvalue weighted by Gasteiger charge is 2.19. The summed E-state index contributed by atoms with van der Waals surface area (Å²) in [5, 5.41) is 3.46. The first-order valence-corrected chi connectivity index (χ1v) is 6.57. The zero-order valence-electron chi connectivity index (χ0n) is 9.28. The van der Waals surface area contributed by atoms with Crippen LogP contribution in [0, 0.1) is 0 Å². The second-order valence-corrected chi connectivity index (χ2v) is 5.21. The lowest BCUT2D eigenvalue weighted by Crippen LogP contribution is -2.26. The monoisotopic (exact) mass is 225 g/mol. The quantitative estimate of drug-likeness (QED) is 0.847. The maximum absolute atomic E-state index is 5.87. The molecule has 0 saturated carbocycles. The Balaban J connectivity index is 1.87. The van der Waals surface area contributed by atoms with Gasteiger partial charge in [0.25, 0.3) is 0 Å². The molecule has 1 aliphatic heterocycles. The molecule has 2 heterocycles. The zero-order chi connectivity index (χ0) is 10.7. The Hall–Kier alpha value is -0.450. The van der Waals surface area contributed by atoms with Crippen LogP contribution < -0.4 is 5.73 Å². The molecule has 4 heteroatoms. The van der Waals surface area contributed by atoms with E-state index in [-0.39, 0.29) is 0 Å². The molecule has 1 atom stereocenters. The second-order valence-electron chi connectivity index (χ2n) is 4.27. The summed E-state index contributed by atoms with van der Waals surface area (Å²) in [6.45, 7) is 5.33. The van der Waals surface area contributed by atoms with E-state index in [4.69, 9.17) is 5.73 Å². The third kappa shape index (κ3) is 3.00. The van der Waals surface area contributed by atoms with Gasteiger partial charge in [0.05, 0.1) is 10.7 Å². The molecule has 1 saturated heterocycles. The lowest BCUT2D eigenvalue weighted by atomic mass is 10.3. The summed E-state index contributed by atoms with van der Waals surface area (Å²) in [6, 6.07) is 0.374. The molecule has 15 heavy (non-hydrogen) atoms. The van der Waals surface area contributed by atoms with E-state index in [0.717, 1.165) is 32.5 Å². The van der Waals surface area contributed by atoms with Crippen LogP contribution in [0.1, 0.15) is 30.5 Å². The van der Waals surface area contributed by atoms with Crippen molar-refractivity contribution < 1.29 is 0 Å². The Morgan fingerprint density at radius 3 is 3.20 bits per heavy atom. The average molecular weight is 225 g/mol. The van der Waals surface area contributed by atoms with Crippen LogP contribution in [-0.2, 0) is 13.0 Å². The van der Waals surface area contributed by atoms with Crippen LogP contribution in [0.2, 0.25) is 0 Å². The van der Waals surface area contributed by atoms with Crippen molar-refractivity contribution in [3.8, 4) is 0 Å². The van der Waals surface area contributed by atoms with Crippen molar-refractivity contribution in [3.63, 3.8) is 0 Å². The minimum absolute atomic E-state index is 0.374. The van der Waals surface area contributed by atoms with Crippen molar-refractivity contribution in [2.24, 2.45) is 5.73 Å². The molecule has 2 rings (SSSR count). The molecule has 1 aromatic heterocycles. The van der Waals surface area contributed by atoms with Crippen LogP contribution >= 0.6 is 11.3 Å². The van der Waals surface area contributed by atoms with E-state index in [1.54, 1.807) is 11.3 Å². The Bertz CT molecular complexity index is 311. The Morgan fingerprint density at radius 1 is 1.67 bits per heavy atom. The number of nitrogens with two attached hydrogens (primary N) is 1. The first-order chi connectivity index (χ1) is 7.28. The molecule has 0 spiro atoms. The molecule has 1 aliphatic rings. The largest absolute Gasteiger partial charge is 0.326 e. The average Bonchev–Trinajstić information content (AvgIpc) is 2.78. The molecule has 3 nitrogen and oxygen atoms in total. The van der Waals surface area contributed by atoms with Gasteiger partial charge in [-0.3, -0.25) is 4.90 Å². The number of likely N-dealkylation sites (tertiary alicyclic amines) is 1. The highest BCUT2D eigenvalue weighted by molar-refractivity contribution is 7.09. The van der Waals surface area contributed by atoms with Crippen molar-refractivity contribution >= 4 is 11.3 Å². The minimum Gasteiger partial charge on any atom is -0.326 e. The van der Waals surface area contributed by atoms with Crippen LogP contribution in [0.4, 0.5) is 0 Å². The second kappa shape index (κ2) is 5.05. The molecule has 0 aromatic carbocycles. The van der Waals surface area contributed by atoms with Crippen LogP contribution in [0.15, 0.2) is 5.38 Å². The smallest absolute Gasteiger partial charge is 0.0928 e. The van der Waals surface area contributed by atoms with Crippen molar-refractivity contribution in [2.75, 3.05) is 13.1 Å². The van der Waals surface area contributed by atoms with Crippen LogP contribution in [0.5, 0.6) is 0 Å². The van der Waals surface area contributed by atoms with Crippen LogP contribution in [0.3, 0.4) is 0 Å². The van der Waals surface area contributed by atoms with Crippen molar-refractivity contribution in [1.29, 1.82) is 0 Å². The van der Waals surface area contributed by atoms with E-state index >= 15 is 0 Å². The number of hydrogen-bond donors (Lipinski definition) is 1. The van der Waals surface area contributed by atoms with E-state index in [0.29, 0.717) is 6.04 Å². The molecule has 1 fully saturated rings. The van der Waals surface area contributed by atoms with Gasteiger partial charge < -0.3 is 5.73 Å². The van der Waals surface area contributed by atoms with Crippen LogP contribution in [0.25, 0.3) is 0 Å². The summed E-state index contributed by atoms with van der Waals surface area (Å²) in [7, 11) is 0. The molecule has 0 radical (unpaired) electrons. The molecule has 84 valence electrons. The van der Waals surface area contributed by atoms with E-state index in [1.807, 2.05) is 0 Å². The van der Waals surface area contributed by atoms with Gasteiger partial charge in [0.1, 0.15) is 0 Å². The summed E-state index contributed by atoms with van der Waals surface area (Å²) in [5.74, 6) is 0. The standard InChI is InChI=1S/C11H19N3S/c1-2-3-11-13-10(8-15-11)7-14-5-4-9(12)6-14/h8-9H,2-7,12H2,1H3. The number of hydrogen-bond acceptors (Lipinski definition) is 4. The number of aromatic nitrogens is 1. The van der Waals surface area contributed by atoms with Gasteiger partial charge in [-0.15, -0.1) is 11.3 Å². The summed E-state index contributed by atoms with van der Waals surface area (Å²) in [6.07, 6.45) is 3.43. The van der Waals surface area contributed by atoms with Crippen molar-refractivity contribution in [2.45, 2.75) is 38.8 Å². The van der Waals surface area contributed by atoms with E-state index in [1.165, 1.54) is 17.1 Å². The predicted molar refractivity (Wildman–Crippen MR) is 64.0 cm³/mol. The summed E-state index contributed by atoms with van der Waals surface area (Å²) in [5.41, 5.74) is 7.09. The van der Waals surface area contributed by atoms with Crippen molar-refractivity contribution in [3.05, 3.63) is 16.1 Å². The van der Waals surface area contributed by atoms with E-state index < -0.39 is 0 Å². The maximum atomic E-state index is 5.87. The number of nitrogens with zero attached hydrogens (tertiary/aromatic N) is 2.